The Bertz CT molecular complexity index is 482. The third-order valence-corrected chi connectivity index (χ3v) is 4.52. The minimum Gasteiger partial charge on any atom is -0.352 e. The molecule has 3 rings (SSSR count). The van der Waals surface area contributed by atoms with E-state index in [9.17, 15) is 0 Å². The molecule has 1 aromatic rings. The molecule has 1 aliphatic heterocycles. The average Bonchev–Trinajstić information content (AvgIpc) is 3.29. The van der Waals surface area contributed by atoms with E-state index < -0.39 is 0 Å². The molecule has 0 bridgehead atoms. The normalized spacial score (nSPS) is 22.9. The number of piperidine rings is 1. The van der Waals surface area contributed by atoms with Crippen LogP contribution in [0, 0.1) is 6.92 Å². The van der Waals surface area contributed by atoms with E-state index in [-0.39, 0.29) is 0 Å². The van der Waals surface area contributed by atoms with Crippen molar-refractivity contribution in [3.05, 3.63) is 17.6 Å². The van der Waals surface area contributed by atoms with E-state index in [1.54, 1.807) is 0 Å². The maximum Gasteiger partial charge on any atom is 0.133 e. The Balaban J connectivity index is 1.77. The highest BCUT2D eigenvalue weighted by molar-refractivity contribution is 5.42. The van der Waals surface area contributed by atoms with E-state index in [1.165, 1.54) is 32.1 Å². The fourth-order valence-corrected chi connectivity index (χ4v) is 3.08. The topological polar surface area (TPSA) is 41.0 Å². The van der Waals surface area contributed by atoms with Crippen LogP contribution in [-0.4, -0.2) is 35.1 Å². The second-order valence-corrected chi connectivity index (χ2v) is 6.91. The van der Waals surface area contributed by atoms with Crippen molar-refractivity contribution in [2.75, 3.05) is 18.0 Å². The Morgan fingerprint density at radius 3 is 2.76 bits per heavy atom. The van der Waals surface area contributed by atoms with Crippen molar-refractivity contribution < 1.29 is 0 Å². The maximum absolute atomic E-state index is 4.84. The van der Waals surface area contributed by atoms with Gasteiger partial charge in [-0.15, -0.1) is 0 Å². The summed E-state index contributed by atoms with van der Waals surface area (Å²) >= 11 is 0. The lowest BCUT2D eigenvalue weighted by Gasteiger charge is -2.37. The summed E-state index contributed by atoms with van der Waals surface area (Å²) in [4.78, 5) is 11.9. The minimum absolute atomic E-state index is 0.386. The Morgan fingerprint density at radius 1 is 1.24 bits per heavy atom. The third kappa shape index (κ3) is 3.73. The van der Waals surface area contributed by atoms with Gasteiger partial charge in [0.1, 0.15) is 11.6 Å². The minimum atomic E-state index is 0.386. The molecule has 0 radical (unpaired) electrons. The van der Waals surface area contributed by atoms with Gasteiger partial charge in [-0.3, -0.25) is 0 Å². The standard InChI is InChI=1S/C17H28N4/c1-12(2)17-19-13(3)10-16(20-17)21-9-5-4-6-15(21)11-18-14-7-8-14/h10,12,14-15,18H,4-9,11H2,1-3H3. The molecule has 1 aromatic heterocycles. The fraction of sp³-hybridized carbons (Fsp3) is 0.765. The number of aromatic nitrogens is 2. The van der Waals surface area contributed by atoms with Crippen LogP contribution < -0.4 is 10.2 Å². The van der Waals surface area contributed by atoms with E-state index >= 15 is 0 Å². The van der Waals surface area contributed by atoms with Crippen LogP contribution in [0.15, 0.2) is 6.07 Å². The second kappa shape index (κ2) is 6.30. The zero-order chi connectivity index (χ0) is 14.8. The van der Waals surface area contributed by atoms with Gasteiger partial charge in [0.05, 0.1) is 0 Å². The second-order valence-electron chi connectivity index (χ2n) is 6.91. The SMILES string of the molecule is Cc1cc(N2CCCCC2CNC2CC2)nc(C(C)C)n1. The van der Waals surface area contributed by atoms with Gasteiger partial charge in [-0.1, -0.05) is 13.8 Å². The molecular formula is C17H28N4. The summed E-state index contributed by atoms with van der Waals surface area (Å²) in [5, 5.41) is 3.69. The van der Waals surface area contributed by atoms with Gasteiger partial charge in [0.2, 0.25) is 0 Å². The third-order valence-electron chi connectivity index (χ3n) is 4.52. The number of nitrogens with one attached hydrogen (secondary N) is 1. The van der Waals surface area contributed by atoms with Crippen LogP contribution in [0.1, 0.15) is 63.4 Å². The first-order valence-electron chi connectivity index (χ1n) is 8.49. The quantitative estimate of drug-likeness (QED) is 0.904. The van der Waals surface area contributed by atoms with E-state index in [4.69, 9.17) is 4.98 Å². The molecule has 4 heteroatoms. The van der Waals surface area contributed by atoms with E-state index in [2.05, 4.69) is 42.0 Å². The average molecular weight is 288 g/mol. The van der Waals surface area contributed by atoms with E-state index in [0.717, 1.165) is 36.5 Å². The summed E-state index contributed by atoms with van der Waals surface area (Å²) in [6.07, 6.45) is 6.61. The molecule has 2 fully saturated rings. The van der Waals surface area contributed by atoms with Gasteiger partial charge < -0.3 is 10.2 Å². The Hall–Kier alpha value is -1.16. The molecule has 0 aromatic carbocycles. The van der Waals surface area contributed by atoms with Crippen molar-refractivity contribution in [2.45, 2.75) is 70.9 Å². The largest absolute Gasteiger partial charge is 0.352 e. The Kier molecular flexibility index (Phi) is 4.43. The van der Waals surface area contributed by atoms with Crippen molar-refractivity contribution >= 4 is 5.82 Å². The number of nitrogens with zero attached hydrogens (tertiary/aromatic N) is 3. The summed E-state index contributed by atoms with van der Waals surface area (Å²) in [7, 11) is 0. The van der Waals surface area contributed by atoms with Crippen LogP contribution in [0.25, 0.3) is 0 Å². The smallest absolute Gasteiger partial charge is 0.133 e. The summed E-state index contributed by atoms with van der Waals surface area (Å²) in [5.41, 5.74) is 1.09. The zero-order valence-electron chi connectivity index (χ0n) is 13.6. The summed E-state index contributed by atoms with van der Waals surface area (Å²) in [5.74, 6) is 2.49. The van der Waals surface area contributed by atoms with Crippen molar-refractivity contribution in [1.82, 2.24) is 15.3 Å². The monoisotopic (exact) mass is 288 g/mol. The summed E-state index contributed by atoms with van der Waals surface area (Å²) < 4.78 is 0. The van der Waals surface area contributed by atoms with Crippen LogP contribution in [0.5, 0.6) is 0 Å². The molecule has 1 saturated carbocycles. The molecule has 1 unspecified atom stereocenters. The van der Waals surface area contributed by atoms with Crippen LogP contribution in [0.4, 0.5) is 5.82 Å². The molecule has 21 heavy (non-hydrogen) atoms. The molecule has 0 amide bonds. The number of anilines is 1. The lowest BCUT2D eigenvalue weighted by Crippen LogP contribution is -2.46. The van der Waals surface area contributed by atoms with Crippen LogP contribution in [-0.2, 0) is 0 Å². The lowest BCUT2D eigenvalue weighted by molar-refractivity contribution is 0.431. The van der Waals surface area contributed by atoms with Crippen LogP contribution in [0.2, 0.25) is 0 Å². The molecule has 116 valence electrons. The first-order valence-corrected chi connectivity index (χ1v) is 8.49. The van der Waals surface area contributed by atoms with Gasteiger partial charge in [0, 0.05) is 42.9 Å². The number of aryl methyl sites for hydroxylation is 1. The Labute approximate surface area is 128 Å². The van der Waals surface area contributed by atoms with E-state index in [1.807, 2.05) is 0 Å². The molecule has 1 N–H and O–H groups in total. The molecular weight excluding hydrogens is 260 g/mol. The maximum atomic E-state index is 4.84. The fourth-order valence-electron chi connectivity index (χ4n) is 3.08. The highest BCUT2D eigenvalue weighted by Gasteiger charge is 2.27. The number of hydrogen-bond donors (Lipinski definition) is 1. The van der Waals surface area contributed by atoms with Crippen LogP contribution >= 0.6 is 0 Å². The van der Waals surface area contributed by atoms with Gasteiger partial charge in [0.15, 0.2) is 0 Å². The molecule has 2 aliphatic rings. The highest BCUT2D eigenvalue weighted by Crippen LogP contribution is 2.26. The van der Waals surface area contributed by atoms with Crippen molar-refractivity contribution in [3.63, 3.8) is 0 Å². The predicted octanol–water partition coefficient (Wildman–Crippen LogP) is 3.02. The molecule has 1 aliphatic carbocycles. The Morgan fingerprint density at radius 2 is 2.05 bits per heavy atom. The summed E-state index contributed by atoms with van der Waals surface area (Å²) in [6, 6.07) is 3.53. The van der Waals surface area contributed by atoms with Gasteiger partial charge in [-0.25, -0.2) is 9.97 Å². The first-order chi connectivity index (χ1) is 10.1. The highest BCUT2D eigenvalue weighted by atomic mass is 15.2. The number of hydrogen-bond acceptors (Lipinski definition) is 4. The van der Waals surface area contributed by atoms with Gasteiger partial charge >= 0.3 is 0 Å². The van der Waals surface area contributed by atoms with Crippen molar-refractivity contribution in [1.29, 1.82) is 0 Å². The summed E-state index contributed by atoms with van der Waals surface area (Å²) in [6.45, 7) is 8.65. The number of rotatable bonds is 5. The molecule has 4 nitrogen and oxygen atoms in total. The van der Waals surface area contributed by atoms with Gasteiger partial charge in [-0.2, -0.15) is 0 Å². The van der Waals surface area contributed by atoms with Gasteiger partial charge in [-0.05, 0) is 39.0 Å². The molecule has 1 saturated heterocycles. The first kappa shape index (κ1) is 14.8. The van der Waals surface area contributed by atoms with Gasteiger partial charge in [0.25, 0.3) is 0 Å². The van der Waals surface area contributed by atoms with Crippen LogP contribution in [0.3, 0.4) is 0 Å². The molecule has 1 atom stereocenters. The predicted molar refractivity (Wildman–Crippen MR) is 86.9 cm³/mol. The molecule has 2 heterocycles. The van der Waals surface area contributed by atoms with Crippen molar-refractivity contribution in [3.8, 4) is 0 Å². The lowest BCUT2D eigenvalue weighted by atomic mass is 10.0. The molecule has 0 spiro atoms. The van der Waals surface area contributed by atoms with E-state index in [0.29, 0.717) is 12.0 Å². The zero-order valence-corrected chi connectivity index (χ0v) is 13.6. The van der Waals surface area contributed by atoms with Crippen molar-refractivity contribution in [2.24, 2.45) is 0 Å².